The molecule has 1 amide bonds. The highest BCUT2D eigenvalue weighted by molar-refractivity contribution is 6.99. The van der Waals surface area contributed by atoms with Crippen LogP contribution in [-0.2, 0) is 9.53 Å². The van der Waals surface area contributed by atoms with Crippen molar-refractivity contribution in [3.05, 3.63) is 0 Å². The van der Waals surface area contributed by atoms with Gasteiger partial charge in [0.1, 0.15) is 12.7 Å². The standard InChI is InChI=1S/C15H26N4O4S/c1-11(20)19(15(2,3)4)9-12(21)10-23-14-13(16-24-17-14)18-5-7-22-8-6-18/h12,21H,5-10H2,1-4H3. The van der Waals surface area contributed by atoms with E-state index in [1.807, 2.05) is 20.8 Å². The molecular weight excluding hydrogens is 332 g/mol. The second kappa shape index (κ2) is 8.09. The van der Waals surface area contributed by atoms with Crippen LogP contribution in [0.15, 0.2) is 0 Å². The minimum absolute atomic E-state index is 0.0581. The molecule has 136 valence electrons. The van der Waals surface area contributed by atoms with Gasteiger partial charge in [-0.05, 0) is 20.8 Å². The summed E-state index contributed by atoms with van der Waals surface area (Å²) >= 11 is 1.08. The molecule has 1 unspecified atom stereocenters. The molecule has 0 saturated carbocycles. The number of aliphatic hydroxyl groups is 1. The summed E-state index contributed by atoms with van der Waals surface area (Å²) in [6.45, 7) is 10.4. The topological polar surface area (TPSA) is 88.0 Å². The van der Waals surface area contributed by atoms with E-state index >= 15 is 0 Å². The molecule has 2 rings (SSSR count). The number of hydrogen-bond acceptors (Lipinski definition) is 8. The van der Waals surface area contributed by atoms with Gasteiger partial charge in [-0.2, -0.15) is 4.37 Å². The second-order valence-electron chi connectivity index (χ2n) is 6.76. The van der Waals surface area contributed by atoms with Gasteiger partial charge in [-0.25, -0.2) is 0 Å². The van der Waals surface area contributed by atoms with Gasteiger partial charge < -0.3 is 24.4 Å². The molecule has 0 spiro atoms. The van der Waals surface area contributed by atoms with Gasteiger partial charge in [-0.15, -0.1) is 4.37 Å². The maximum Gasteiger partial charge on any atom is 0.270 e. The Bertz CT molecular complexity index is 540. The van der Waals surface area contributed by atoms with Gasteiger partial charge in [0, 0.05) is 25.6 Å². The number of anilines is 1. The van der Waals surface area contributed by atoms with Gasteiger partial charge in [-0.1, -0.05) is 0 Å². The zero-order valence-electron chi connectivity index (χ0n) is 14.7. The summed E-state index contributed by atoms with van der Waals surface area (Å²) < 4.78 is 19.4. The Kier molecular flexibility index (Phi) is 6.36. The number of amides is 1. The van der Waals surface area contributed by atoms with E-state index in [1.165, 1.54) is 6.92 Å². The van der Waals surface area contributed by atoms with Gasteiger partial charge in [-0.3, -0.25) is 4.79 Å². The first kappa shape index (κ1) is 18.9. The van der Waals surface area contributed by atoms with Gasteiger partial charge in [0.05, 0.1) is 31.5 Å². The van der Waals surface area contributed by atoms with E-state index in [1.54, 1.807) is 4.90 Å². The van der Waals surface area contributed by atoms with Crippen LogP contribution in [0.25, 0.3) is 0 Å². The number of nitrogens with zero attached hydrogens (tertiary/aromatic N) is 4. The van der Waals surface area contributed by atoms with Crippen molar-refractivity contribution >= 4 is 23.5 Å². The van der Waals surface area contributed by atoms with Crippen LogP contribution in [0.1, 0.15) is 27.7 Å². The van der Waals surface area contributed by atoms with Gasteiger partial charge >= 0.3 is 0 Å². The fourth-order valence-corrected chi connectivity index (χ4v) is 3.07. The lowest BCUT2D eigenvalue weighted by atomic mass is 10.1. The number of aromatic nitrogens is 2. The molecule has 1 fully saturated rings. The highest BCUT2D eigenvalue weighted by atomic mass is 32.1. The summed E-state index contributed by atoms with van der Waals surface area (Å²) in [5.41, 5.74) is -0.353. The molecule has 1 aromatic heterocycles. The number of aliphatic hydroxyl groups excluding tert-OH is 1. The highest BCUT2D eigenvalue weighted by Crippen LogP contribution is 2.26. The lowest BCUT2D eigenvalue weighted by Crippen LogP contribution is -2.49. The Morgan fingerprint density at radius 1 is 1.42 bits per heavy atom. The second-order valence-corrected chi connectivity index (χ2v) is 7.29. The summed E-state index contributed by atoms with van der Waals surface area (Å²) in [6, 6.07) is 0. The molecule has 0 aliphatic carbocycles. The first-order chi connectivity index (χ1) is 11.3. The molecule has 0 radical (unpaired) electrons. The van der Waals surface area contributed by atoms with Crippen molar-refractivity contribution in [3.63, 3.8) is 0 Å². The summed E-state index contributed by atoms with van der Waals surface area (Å²) in [7, 11) is 0. The average molecular weight is 358 g/mol. The number of rotatable bonds is 6. The van der Waals surface area contributed by atoms with Crippen LogP contribution in [0.3, 0.4) is 0 Å². The van der Waals surface area contributed by atoms with Crippen LogP contribution < -0.4 is 9.64 Å². The number of β-amino-alcohol motifs (C(OH)–C–C–N with tert-alkyl or cyclic N) is 1. The molecule has 1 aliphatic rings. The Morgan fingerprint density at radius 2 is 2.08 bits per heavy atom. The van der Waals surface area contributed by atoms with E-state index < -0.39 is 6.10 Å². The molecule has 2 heterocycles. The van der Waals surface area contributed by atoms with Crippen molar-refractivity contribution in [1.82, 2.24) is 13.6 Å². The zero-order valence-corrected chi connectivity index (χ0v) is 15.5. The van der Waals surface area contributed by atoms with Crippen molar-refractivity contribution in [2.45, 2.75) is 39.3 Å². The predicted octanol–water partition coefficient (Wildman–Crippen LogP) is 0.761. The fourth-order valence-electron chi connectivity index (χ4n) is 2.55. The van der Waals surface area contributed by atoms with Crippen LogP contribution in [0, 0.1) is 0 Å². The molecule has 24 heavy (non-hydrogen) atoms. The number of carbonyl (C=O) groups excluding carboxylic acids is 1. The first-order valence-electron chi connectivity index (χ1n) is 8.03. The lowest BCUT2D eigenvalue weighted by Gasteiger charge is -2.36. The van der Waals surface area contributed by atoms with Gasteiger partial charge in [0.15, 0.2) is 0 Å². The summed E-state index contributed by atoms with van der Waals surface area (Å²) in [5.74, 6) is 1.03. The zero-order chi connectivity index (χ0) is 17.7. The molecule has 1 atom stereocenters. The van der Waals surface area contributed by atoms with E-state index in [9.17, 15) is 9.90 Å². The van der Waals surface area contributed by atoms with Crippen molar-refractivity contribution in [2.24, 2.45) is 0 Å². The first-order valence-corrected chi connectivity index (χ1v) is 8.76. The predicted molar refractivity (Wildman–Crippen MR) is 91.6 cm³/mol. The Hall–Kier alpha value is -1.45. The van der Waals surface area contributed by atoms with E-state index in [4.69, 9.17) is 9.47 Å². The largest absolute Gasteiger partial charge is 0.472 e. The maximum absolute atomic E-state index is 11.8. The summed E-state index contributed by atoms with van der Waals surface area (Å²) in [5, 5.41) is 10.2. The summed E-state index contributed by atoms with van der Waals surface area (Å²) in [6.07, 6.45) is -0.799. The monoisotopic (exact) mass is 358 g/mol. The third-order valence-electron chi connectivity index (χ3n) is 3.75. The number of ether oxygens (including phenoxy) is 2. The maximum atomic E-state index is 11.8. The third-order valence-corrected chi connectivity index (χ3v) is 4.25. The van der Waals surface area contributed by atoms with E-state index in [2.05, 4.69) is 13.6 Å². The number of hydrogen-bond donors (Lipinski definition) is 1. The number of morpholine rings is 1. The summed E-state index contributed by atoms with van der Waals surface area (Å²) in [4.78, 5) is 15.4. The molecule has 8 nitrogen and oxygen atoms in total. The molecule has 9 heteroatoms. The van der Waals surface area contributed by atoms with Gasteiger partial charge in [0.2, 0.25) is 11.7 Å². The lowest BCUT2D eigenvalue weighted by molar-refractivity contribution is -0.135. The van der Waals surface area contributed by atoms with Crippen molar-refractivity contribution < 1.29 is 19.4 Å². The smallest absolute Gasteiger partial charge is 0.270 e. The molecule has 0 bridgehead atoms. The Morgan fingerprint density at radius 3 is 2.67 bits per heavy atom. The number of carbonyl (C=O) groups is 1. The molecule has 0 aromatic carbocycles. The molecular formula is C15H26N4O4S. The van der Waals surface area contributed by atoms with Crippen LogP contribution in [0.4, 0.5) is 5.82 Å². The fraction of sp³-hybridized carbons (Fsp3) is 0.800. The SMILES string of the molecule is CC(=O)N(CC(O)COc1nsnc1N1CCOCC1)C(C)(C)C. The molecule has 1 N–H and O–H groups in total. The molecule has 1 aliphatic heterocycles. The van der Waals surface area contributed by atoms with Crippen LogP contribution in [0.5, 0.6) is 5.88 Å². The normalized spacial score (nSPS) is 16.8. The average Bonchev–Trinajstić information content (AvgIpc) is 2.98. The van der Waals surface area contributed by atoms with E-state index in [0.29, 0.717) is 24.9 Å². The van der Waals surface area contributed by atoms with E-state index in [0.717, 1.165) is 24.8 Å². The highest BCUT2D eigenvalue weighted by Gasteiger charge is 2.27. The van der Waals surface area contributed by atoms with Crippen molar-refractivity contribution in [2.75, 3.05) is 44.4 Å². The quantitative estimate of drug-likeness (QED) is 0.803. The minimum atomic E-state index is -0.799. The van der Waals surface area contributed by atoms with Crippen molar-refractivity contribution in [3.8, 4) is 5.88 Å². The Balaban J connectivity index is 1.91. The van der Waals surface area contributed by atoms with Crippen LogP contribution in [0.2, 0.25) is 0 Å². The van der Waals surface area contributed by atoms with Gasteiger partial charge in [0.25, 0.3) is 5.88 Å². The molecule has 1 aromatic rings. The third kappa shape index (κ3) is 5.02. The Labute approximate surface area is 146 Å². The minimum Gasteiger partial charge on any atom is -0.472 e. The molecule has 1 saturated heterocycles. The van der Waals surface area contributed by atoms with Crippen molar-refractivity contribution in [1.29, 1.82) is 0 Å². The van der Waals surface area contributed by atoms with E-state index in [-0.39, 0.29) is 24.6 Å². The van der Waals surface area contributed by atoms with Crippen LogP contribution >= 0.6 is 11.7 Å². The van der Waals surface area contributed by atoms with Crippen LogP contribution in [-0.4, -0.2) is 75.8 Å².